The number of hydrogen-bond donors (Lipinski definition) is 0. The van der Waals surface area contributed by atoms with Crippen molar-refractivity contribution in [3.8, 4) is 17.0 Å². The monoisotopic (exact) mass is 408 g/mol. The van der Waals surface area contributed by atoms with Gasteiger partial charge < -0.3 is 4.74 Å². The van der Waals surface area contributed by atoms with Gasteiger partial charge in [0.15, 0.2) is 5.13 Å². The number of amides is 1. The Morgan fingerprint density at radius 2 is 1.89 bits per heavy atom. The Balaban J connectivity index is 1.90. The molecule has 0 N–H and O–H groups in total. The summed E-state index contributed by atoms with van der Waals surface area (Å²) in [7, 11) is 1.63. The number of ether oxygens (including phenoxy) is 1. The fourth-order valence-corrected chi connectivity index (χ4v) is 4.03. The number of anilines is 2. The standard InChI is InChI=1S/C22H20N2O2S2/c1-4-14-27-19-12-8-17(9-13-19)24(21(25)5-2)22-23-20(15-28-22)16-6-10-18(26-3)11-7-16/h4-13,15H,1-2,14H2,3H3. The molecule has 1 heterocycles. The van der Waals surface area contributed by atoms with Crippen LogP contribution in [0.15, 0.2) is 84.1 Å². The third kappa shape index (κ3) is 4.52. The number of methoxy groups -OCH3 is 1. The van der Waals surface area contributed by atoms with E-state index in [9.17, 15) is 4.79 Å². The van der Waals surface area contributed by atoms with Crippen molar-refractivity contribution in [1.82, 2.24) is 4.98 Å². The Kier molecular flexibility index (Phi) is 6.68. The minimum absolute atomic E-state index is 0.220. The number of carbonyl (C=O) groups is 1. The fraction of sp³-hybridized carbons (Fsp3) is 0.0909. The molecular weight excluding hydrogens is 388 g/mol. The molecule has 0 fully saturated rings. The summed E-state index contributed by atoms with van der Waals surface area (Å²) in [4.78, 5) is 19.9. The van der Waals surface area contributed by atoms with Crippen molar-refractivity contribution in [1.29, 1.82) is 0 Å². The van der Waals surface area contributed by atoms with Gasteiger partial charge in [0, 0.05) is 21.6 Å². The summed E-state index contributed by atoms with van der Waals surface area (Å²) in [5.74, 6) is 1.41. The molecule has 0 saturated heterocycles. The zero-order chi connectivity index (χ0) is 19.9. The minimum Gasteiger partial charge on any atom is -0.497 e. The molecule has 0 saturated carbocycles. The second-order valence-electron chi connectivity index (χ2n) is 5.72. The summed E-state index contributed by atoms with van der Waals surface area (Å²) in [5, 5.41) is 2.54. The molecule has 2 aromatic carbocycles. The lowest BCUT2D eigenvalue weighted by Crippen LogP contribution is -2.23. The Hall–Kier alpha value is -2.83. The summed E-state index contributed by atoms with van der Waals surface area (Å²) in [6.07, 6.45) is 3.16. The molecule has 0 spiro atoms. The average molecular weight is 409 g/mol. The van der Waals surface area contributed by atoms with Crippen LogP contribution in [0.4, 0.5) is 10.8 Å². The van der Waals surface area contributed by atoms with E-state index in [-0.39, 0.29) is 5.91 Å². The molecule has 0 atom stereocenters. The van der Waals surface area contributed by atoms with Crippen LogP contribution in [0.2, 0.25) is 0 Å². The molecule has 0 aliphatic rings. The Bertz CT molecular complexity index is 963. The van der Waals surface area contributed by atoms with Crippen molar-refractivity contribution in [3.05, 3.63) is 79.2 Å². The zero-order valence-electron chi connectivity index (χ0n) is 15.5. The summed E-state index contributed by atoms with van der Waals surface area (Å²) < 4.78 is 5.20. The maximum absolute atomic E-state index is 12.5. The van der Waals surface area contributed by atoms with E-state index in [4.69, 9.17) is 4.74 Å². The number of thiazole rings is 1. The van der Waals surface area contributed by atoms with Gasteiger partial charge in [-0.2, -0.15) is 0 Å². The van der Waals surface area contributed by atoms with Gasteiger partial charge in [-0.05, 0) is 54.6 Å². The van der Waals surface area contributed by atoms with Crippen molar-refractivity contribution in [2.45, 2.75) is 4.90 Å². The van der Waals surface area contributed by atoms with Crippen molar-refractivity contribution in [2.75, 3.05) is 17.8 Å². The quantitative estimate of drug-likeness (QED) is 0.262. The molecule has 1 amide bonds. The molecule has 6 heteroatoms. The first kappa shape index (κ1) is 19.9. The van der Waals surface area contributed by atoms with E-state index in [1.165, 1.54) is 17.4 Å². The van der Waals surface area contributed by atoms with E-state index in [1.54, 1.807) is 23.8 Å². The van der Waals surface area contributed by atoms with Crippen LogP contribution in [-0.4, -0.2) is 23.8 Å². The number of rotatable bonds is 8. The van der Waals surface area contributed by atoms with Gasteiger partial charge in [-0.1, -0.05) is 12.7 Å². The highest BCUT2D eigenvalue weighted by atomic mass is 32.2. The minimum atomic E-state index is -0.220. The second kappa shape index (κ2) is 9.39. The maximum atomic E-state index is 12.5. The van der Waals surface area contributed by atoms with Crippen LogP contribution in [0.5, 0.6) is 5.75 Å². The van der Waals surface area contributed by atoms with Crippen LogP contribution in [0.25, 0.3) is 11.3 Å². The molecule has 0 unspecified atom stereocenters. The van der Waals surface area contributed by atoms with Gasteiger partial charge in [-0.15, -0.1) is 29.7 Å². The number of hydrogen-bond acceptors (Lipinski definition) is 5. The fourth-order valence-electron chi connectivity index (χ4n) is 2.53. The van der Waals surface area contributed by atoms with Crippen LogP contribution in [-0.2, 0) is 4.79 Å². The zero-order valence-corrected chi connectivity index (χ0v) is 17.1. The molecule has 4 nitrogen and oxygen atoms in total. The van der Waals surface area contributed by atoms with Gasteiger partial charge in [0.1, 0.15) is 5.75 Å². The van der Waals surface area contributed by atoms with Crippen LogP contribution >= 0.6 is 23.1 Å². The number of benzene rings is 2. The molecule has 28 heavy (non-hydrogen) atoms. The predicted molar refractivity (Wildman–Crippen MR) is 119 cm³/mol. The van der Waals surface area contributed by atoms with E-state index in [1.807, 2.05) is 60.0 Å². The van der Waals surface area contributed by atoms with Crippen LogP contribution in [0.3, 0.4) is 0 Å². The van der Waals surface area contributed by atoms with Crippen LogP contribution < -0.4 is 9.64 Å². The Morgan fingerprint density at radius 3 is 2.50 bits per heavy atom. The number of nitrogens with zero attached hydrogens (tertiary/aromatic N) is 2. The highest BCUT2D eigenvalue weighted by Crippen LogP contribution is 2.34. The highest BCUT2D eigenvalue weighted by Gasteiger charge is 2.19. The van der Waals surface area contributed by atoms with E-state index in [0.717, 1.165) is 33.3 Å². The lowest BCUT2D eigenvalue weighted by Gasteiger charge is -2.18. The van der Waals surface area contributed by atoms with E-state index in [0.29, 0.717) is 5.13 Å². The largest absolute Gasteiger partial charge is 0.497 e. The maximum Gasteiger partial charge on any atom is 0.256 e. The molecule has 142 valence electrons. The molecule has 0 radical (unpaired) electrons. The average Bonchev–Trinajstić information content (AvgIpc) is 3.23. The molecule has 3 aromatic rings. The van der Waals surface area contributed by atoms with Gasteiger partial charge in [0.05, 0.1) is 18.5 Å². The van der Waals surface area contributed by atoms with Crippen molar-refractivity contribution >= 4 is 39.8 Å². The SMILES string of the molecule is C=CCSc1ccc(N(C(=O)C=C)c2nc(-c3ccc(OC)cc3)cs2)cc1. The third-order valence-corrected chi connectivity index (χ3v) is 5.76. The summed E-state index contributed by atoms with van der Waals surface area (Å²) >= 11 is 3.11. The molecule has 3 rings (SSSR count). The first-order valence-electron chi connectivity index (χ1n) is 8.56. The topological polar surface area (TPSA) is 42.4 Å². The summed E-state index contributed by atoms with van der Waals surface area (Å²) in [6.45, 7) is 7.36. The predicted octanol–water partition coefficient (Wildman–Crippen LogP) is 5.95. The second-order valence-corrected chi connectivity index (χ2v) is 7.65. The van der Waals surface area contributed by atoms with Gasteiger partial charge in [0.2, 0.25) is 0 Å². The molecule has 1 aromatic heterocycles. The smallest absolute Gasteiger partial charge is 0.256 e. The normalized spacial score (nSPS) is 10.3. The lowest BCUT2D eigenvalue weighted by atomic mass is 10.2. The van der Waals surface area contributed by atoms with Gasteiger partial charge >= 0.3 is 0 Å². The summed E-state index contributed by atoms with van der Waals surface area (Å²) in [5.41, 5.74) is 2.52. The van der Waals surface area contributed by atoms with Crippen molar-refractivity contribution in [3.63, 3.8) is 0 Å². The Morgan fingerprint density at radius 1 is 1.18 bits per heavy atom. The van der Waals surface area contributed by atoms with Crippen LogP contribution in [0.1, 0.15) is 0 Å². The molecule has 0 bridgehead atoms. The highest BCUT2D eigenvalue weighted by molar-refractivity contribution is 7.99. The van der Waals surface area contributed by atoms with Crippen molar-refractivity contribution in [2.24, 2.45) is 0 Å². The van der Waals surface area contributed by atoms with E-state index < -0.39 is 0 Å². The first-order valence-corrected chi connectivity index (χ1v) is 10.4. The molecule has 0 aliphatic carbocycles. The lowest BCUT2D eigenvalue weighted by molar-refractivity contribution is -0.113. The van der Waals surface area contributed by atoms with Crippen LogP contribution in [0, 0.1) is 0 Å². The van der Waals surface area contributed by atoms with Gasteiger partial charge in [-0.3, -0.25) is 9.69 Å². The third-order valence-electron chi connectivity index (χ3n) is 3.93. The first-order chi connectivity index (χ1) is 13.7. The number of carbonyl (C=O) groups excluding carboxylic acids is 1. The number of thioether (sulfide) groups is 1. The Labute approximate surface area is 173 Å². The number of aromatic nitrogens is 1. The molecule has 0 aliphatic heterocycles. The van der Waals surface area contributed by atoms with Crippen molar-refractivity contribution < 1.29 is 9.53 Å². The molecular formula is C22H20N2O2S2. The van der Waals surface area contributed by atoms with Gasteiger partial charge in [-0.25, -0.2) is 4.98 Å². The van der Waals surface area contributed by atoms with E-state index >= 15 is 0 Å². The van der Waals surface area contributed by atoms with E-state index in [2.05, 4.69) is 18.1 Å². The van der Waals surface area contributed by atoms with Gasteiger partial charge in [0.25, 0.3) is 5.91 Å². The summed E-state index contributed by atoms with van der Waals surface area (Å²) in [6, 6.07) is 15.5.